The van der Waals surface area contributed by atoms with E-state index in [1.807, 2.05) is 0 Å². The molecule has 1 unspecified atom stereocenters. The lowest BCUT2D eigenvalue weighted by Crippen LogP contribution is -2.49. The molecule has 0 aromatic carbocycles. The molecule has 2 aliphatic rings. The van der Waals surface area contributed by atoms with Gasteiger partial charge in [0, 0.05) is 19.1 Å². The van der Waals surface area contributed by atoms with Crippen LogP contribution in [0.25, 0.3) is 0 Å². The van der Waals surface area contributed by atoms with Crippen LogP contribution in [0, 0.1) is 11.8 Å². The second kappa shape index (κ2) is 6.88. The van der Waals surface area contributed by atoms with E-state index in [0.29, 0.717) is 0 Å². The molecule has 0 spiro atoms. The first-order valence-corrected chi connectivity index (χ1v) is 7.85. The number of nitrogens with two attached hydrogens (primary N) is 1. The van der Waals surface area contributed by atoms with Crippen LogP contribution in [-0.2, 0) is 0 Å². The Balaban J connectivity index is 1.75. The maximum atomic E-state index is 5.84. The minimum absolute atomic E-state index is 0.757. The highest BCUT2D eigenvalue weighted by Gasteiger charge is 2.28. The number of piperidine rings is 2. The number of likely N-dealkylation sites (tertiary alicyclic amines) is 2. The summed E-state index contributed by atoms with van der Waals surface area (Å²) in [5.41, 5.74) is 5.84. The van der Waals surface area contributed by atoms with Crippen molar-refractivity contribution in [3.05, 3.63) is 0 Å². The molecule has 106 valence electrons. The molecule has 0 saturated carbocycles. The lowest BCUT2D eigenvalue weighted by atomic mass is 9.94. The maximum Gasteiger partial charge on any atom is 0.0120 e. The minimum Gasteiger partial charge on any atom is -0.330 e. The molecule has 0 amide bonds. The van der Waals surface area contributed by atoms with Gasteiger partial charge in [0.2, 0.25) is 0 Å². The number of rotatable bonds is 4. The summed E-state index contributed by atoms with van der Waals surface area (Å²) in [5.74, 6) is 1.56. The Hall–Kier alpha value is -0.120. The third-order valence-corrected chi connectivity index (χ3v) is 4.58. The van der Waals surface area contributed by atoms with Crippen molar-refractivity contribution in [1.82, 2.24) is 9.80 Å². The Morgan fingerprint density at radius 2 is 1.83 bits per heavy atom. The Labute approximate surface area is 113 Å². The molecule has 0 radical (unpaired) electrons. The summed E-state index contributed by atoms with van der Waals surface area (Å²) in [5, 5.41) is 0. The molecule has 2 fully saturated rings. The van der Waals surface area contributed by atoms with Crippen molar-refractivity contribution >= 4 is 0 Å². The van der Waals surface area contributed by atoms with Gasteiger partial charge in [0.05, 0.1) is 0 Å². The second-order valence-corrected chi connectivity index (χ2v) is 6.66. The monoisotopic (exact) mass is 253 g/mol. The first-order chi connectivity index (χ1) is 8.69. The van der Waals surface area contributed by atoms with Crippen molar-refractivity contribution in [3.63, 3.8) is 0 Å². The summed E-state index contributed by atoms with van der Waals surface area (Å²) in [4.78, 5) is 5.37. The zero-order valence-electron chi connectivity index (χ0n) is 12.3. The molecule has 0 aliphatic carbocycles. The van der Waals surface area contributed by atoms with Gasteiger partial charge in [0.25, 0.3) is 0 Å². The van der Waals surface area contributed by atoms with Gasteiger partial charge in [-0.15, -0.1) is 0 Å². The molecule has 2 saturated heterocycles. The Kier molecular flexibility index (Phi) is 5.46. The van der Waals surface area contributed by atoms with E-state index in [-0.39, 0.29) is 0 Å². The highest BCUT2D eigenvalue weighted by atomic mass is 15.2. The quantitative estimate of drug-likeness (QED) is 0.829. The van der Waals surface area contributed by atoms with Gasteiger partial charge < -0.3 is 10.6 Å². The van der Waals surface area contributed by atoms with Crippen LogP contribution in [0.2, 0.25) is 0 Å². The standard InChI is InChI=1S/C15H31N3/c1-13(2)11-17-8-5-15(6-9-17)18-7-3-4-14(10-16)12-18/h13-15H,3-12,16H2,1-2H3. The van der Waals surface area contributed by atoms with Gasteiger partial charge in [-0.3, -0.25) is 4.90 Å². The third-order valence-electron chi connectivity index (χ3n) is 4.58. The van der Waals surface area contributed by atoms with Crippen molar-refractivity contribution in [3.8, 4) is 0 Å². The van der Waals surface area contributed by atoms with Gasteiger partial charge in [-0.1, -0.05) is 13.8 Å². The van der Waals surface area contributed by atoms with E-state index in [1.165, 1.54) is 58.4 Å². The van der Waals surface area contributed by atoms with Crippen molar-refractivity contribution in [2.24, 2.45) is 17.6 Å². The van der Waals surface area contributed by atoms with Crippen LogP contribution in [0.5, 0.6) is 0 Å². The maximum absolute atomic E-state index is 5.84. The summed E-state index contributed by atoms with van der Waals surface area (Å²) in [7, 11) is 0. The third kappa shape index (κ3) is 3.94. The summed E-state index contributed by atoms with van der Waals surface area (Å²) in [6, 6.07) is 0.836. The molecular formula is C15H31N3. The Bertz CT molecular complexity index is 234. The van der Waals surface area contributed by atoms with Crippen LogP contribution < -0.4 is 5.73 Å². The van der Waals surface area contributed by atoms with Crippen molar-refractivity contribution < 1.29 is 0 Å². The summed E-state index contributed by atoms with van der Waals surface area (Å²) in [6.07, 6.45) is 5.43. The second-order valence-electron chi connectivity index (χ2n) is 6.66. The first kappa shape index (κ1) is 14.3. The summed E-state index contributed by atoms with van der Waals surface area (Å²) in [6.45, 7) is 12.0. The fourth-order valence-electron chi connectivity index (χ4n) is 3.60. The normalized spacial score (nSPS) is 29.0. The lowest BCUT2D eigenvalue weighted by molar-refractivity contribution is 0.0696. The summed E-state index contributed by atoms with van der Waals surface area (Å²) < 4.78 is 0. The van der Waals surface area contributed by atoms with E-state index in [4.69, 9.17) is 5.73 Å². The SMILES string of the molecule is CC(C)CN1CCC(N2CCCC(CN)C2)CC1. The highest BCUT2D eigenvalue weighted by Crippen LogP contribution is 2.23. The van der Waals surface area contributed by atoms with Gasteiger partial charge >= 0.3 is 0 Å². The van der Waals surface area contributed by atoms with Crippen molar-refractivity contribution in [2.45, 2.75) is 45.6 Å². The molecule has 18 heavy (non-hydrogen) atoms. The van der Waals surface area contributed by atoms with Crippen LogP contribution in [0.1, 0.15) is 39.5 Å². The number of hydrogen-bond donors (Lipinski definition) is 1. The smallest absolute Gasteiger partial charge is 0.0120 e. The number of hydrogen-bond acceptors (Lipinski definition) is 3. The van der Waals surface area contributed by atoms with Crippen LogP contribution in [0.15, 0.2) is 0 Å². The molecule has 2 heterocycles. The van der Waals surface area contributed by atoms with Crippen molar-refractivity contribution in [1.29, 1.82) is 0 Å². The van der Waals surface area contributed by atoms with Gasteiger partial charge in [-0.05, 0) is 63.7 Å². The molecule has 2 N–H and O–H groups in total. The van der Waals surface area contributed by atoms with E-state index in [9.17, 15) is 0 Å². The van der Waals surface area contributed by atoms with E-state index in [0.717, 1.165) is 24.4 Å². The molecule has 2 rings (SSSR count). The van der Waals surface area contributed by atoms with Gasteiger partial charge in [0.15, 0.2) is 0 Å². The zero-order valence-corrected chi connectivity index (χ0v) is 12.3. The molecule has 1 atom stereocenters. The van der Waals surface area contributed by atoms with Crippen LogP contribution in [-0.4, -0.2) is 55.1 Å². The largest absolute Gasteiger partial charge is 0.330 e. The fraction of sp³-hybridized carbons (Fsp3) is 1.00. The van der Waals surface area contributed by atoms with Gasteiger partial charge in [-0.25, -0.2) is 0 Å². The van der Waals surface area contributed by atoms with Gasteiger partial charge in [0.1, 0.15) is 0 Å². The highest BCUT2D eigenvalue weighted by molar-refractivity contribution is 4.84. The number of nitrogens with zero attached hydrogens (tertiary/aromatic N) is 2. The molecular weight excluding hydrogens is 222 g/mol. The average Bonchev–Trinajstić information content (AvgIpc) is 2.39. The Morgan fingerprint density at radius 3 is 2.44 bits per heavy atom. The van der Waals surface area contributed by atoms with Crippen LogP contribution >= 0.6 is 0 Å². The van der Waals surface area contributed by atoms with E-state index >= 15 is 0 Å². The molecule has 3 nitrogen and oxygen atoms in total. The lowest BCUT2D eigenvalue weighted by Gasteiger charge is -2.42. The van der Waals surface area contributed by atoms with Crippen LogP contribution in [0.3, 0.4) is 0 Å². The van der Waals surface area contributed by atoms with E-state index in [2.05, 4.69) is 23.6 Å². The average molecular weight is 253 g/mol. The molecule has 0 bridgehead atoms. The van der Waals surface area contributed by atoms with Crippen molar-refractivity contribution in [2.75, 3.05) is 39.3 Å². The van der Waals surface area contributed by atoms with Crippen LogP contribution in [0.4, 0.5) is 0 Å². The minimum atomic E-state index is 0.757. The fourth-order valence-corrected chi connectivity index (χ4v) is 3.60. The Morgan fingerprint density at radius 1 is 1.11 bits per heavy atom. The zero-order chi connectivity index (χ0) is 13.0. The molecule has 0 aromatic rings. The van der Waals surface area contributed by atoms with Gasteiger partial charge in [-0.2, -0.15) is 0 Å². The molecule has 0 aromatic heterocycles. The summed E-state index contributed by atoms with van der Waals surface area (Å²) >= 11 is 0. The molecule has 2 aliphatic heterocycles. The predicted molar refractivity (Wildman–Crippen MR) is 77.7 cm³/mol. The van der Waals surface area contributed by atoms with E-state index in [1.54, 1.807) is 0 Å². The first-order valence-electron chi connectivity index (χ1n) is 7.85. The predicted octanol–water partition coefficient (Wildman–Crippen LogP) is 1.78. The van der Waals surface area contributed by atoms with E-state index < -0.39 is 0 Å². The molecule has 3 heteroatoms. The topological polar surface area (TPSA) is 32.5 Å².